The summed E-state index contributed by atoms with van der Waals surface area (Å²) in [4.78, 5) is 29.3. The van der Waals surface area contributed by atoms with Crippen molar-refractivity contribution in [2.45, 2.75) is 0 Å². The Morgan fingerprint density at radius 3 is 0.929 bits per heavy atom. The summed E-state index contributed by atoms with van der Waals surface area (Å²) in [5.41, 5.74) is 9.62. The lowest BCUT2D eigenvalue weighted by Crippen LogP contribution is -2.00. The van der Waals surface area contributed by atoms with E-state index in [1.54, 1.807) is 0 Å². The summed E-state index contributed by atoms with van der Waals surface area (Å²) >= 11 is 0. The van der Waals surface area contributed by atoms with Crippen molar-refractivity contribution in [1.82, 2.24) is 29.9 Å². The first kappa shape index (κ1) is 33.9. The third-order valence-corrected chi connectivity index (χ3v) is 9.39. The Morgan fingerprint density at radius 1 is 0.250 bits per heavy atom. The van der Waals surface area contributed by atoms with Crippen molar-refractivity contribution in [1.29, 1.82) is 5.26 Å². The number of nitrogens with zero attached hydrogens (tertiary/aromatic N) is 7. The van der Waals surface area contributed by atoms with E-state index >= 15 is 0 Å². The first-order valence-electron chi connectivity index (χ1n) is 18.2. The molecule has 0 aliphatic heterocycles. The predicted octanol–water partition coefficient (Wildman–Crippen LogP) is 11.3. The summed E-state index contributed by atoms with van der Waals surface area (Å²) in [6.45, 7) is 0. The van der Waals surface area contributed by atoms with Gasteiger partial charge < -0.3 is 0 Å². The SMILES string of the molecule is N#Cc1cc(-c2ccc(-c3nc(-c4ccccc4)nc(-c4ccccc4)n3)cc2)cc(-c2cccc(-c3nc(-c4ccccc4)nc(-c4ccccc4)n3)c2)c1. The summed E-state index contributed by atoms with van der Waals surface area (Å²) in [6.07, 6.45) is 0. The number of benzene rings is 7. The largest absolute Gasteiger partial charge is 0.208 e. The van der Waals surface area contributed by atoms with Gasteiger partial charge in [-0.15, -0.1) is 0 Å². The molecule has 0 N–H and O–H groups in total. The number of nitriles is 1. The van der Waals surface area contributed by atoms with E-state index in [-0.39, 0.29) is 0 Å². The monoisotopic (exact) mass is 717 g/mol. The minimum Gasteiger partial charge on any atom is -0.208 e. The highest BCUT2D eigenvalue weighted by Gasteiger charge is 2.15. The Morgan fingerprint density at radius 2 is 0.536 bits per heavy atom. The quantitative estimate of drug-likeness (QED) is 0.154. The van der Waals surface area contributed by atoms with E-state index in [1.807, 2.05) is 176 Å². The molecule has 9 rings (SSSR count). The highest BCUT2D eigenvalue weighted by atomic mass is 15.0. The van der Waals surface area contributed by atoms with Crippen molar-refractivity contribution >= 4 is 0 Å². The summed E-state index contributed by atoms with van der Waals surface area (Å²) < 4.78 is 0. The summed E-state index contributed by atoms with van der Waals surface area (Å²) in [5.74, 6) is 3.56. The van der Waals surface area contributed by atoms with Gasteiger partial charge in [0.2, 0.25) is 0 Å². The van der Waals surface area contributed by atoms with E-state index in [4.69, 9.17) is 29.9 Å². The molecule has 2 heterocycles. The highest BCUT2D eigenvalue weighted by Crippen LogP contribution is 2.33. The van der Waals surface area contributed by atoms with E-state index in [2.05, 4.69) is 18.2 Å². The first-order chi connectivity index (χ1) is 27.7. The fourth-order valence-electron chi connectivity index (χ4n) is 6.55. The van der Waals surface area contributed by atoms with Gasteiger partial charge in [-0.2, -0.15) is 5.26 Å². The molecule has 0 fully saturated rings. The molecule has 262 valence electrons. The second-order valence-corrected chi connectivity index (χ2v) is 13.1. The van der Waals surface area contributed by atoms with Crippen molar-refractivity contribution in [3.8, 4) is 96.7 Å². The molecule has 0 amide bonds. The molecule has 7 heteroatoms. The predicted molar refractivity (Wildman–Crippen MR) is 221 cm³/mol. The molecule has 7 aromatic carbocycles. The highest BCUT2D eigenvalue weighted by molar-refractivity contribution is 5.79. The lowest BCUT2D eigenvalue weighted by molar-refractivity contribution is 1.07. The minimum absolute atomic E-state index is 0.558. The molecule has 0 saturated heterocycles. The third-order valence-electron chi connectivity index (χ3n) is 9.39. The number of hydrogen-bond donors (Lipinski definition) is 0. The van der Waals surface area contributed by atoms with Crippen molar-refractivity contribution in [3.05, 3.63) is 194 Å². The van der Waals surface area contributed by atoms with Crippen LogP contribution in [0.4, 0.5) is 0 Å². The van der Waals surface area contributed by atoms with Crippen LogP contribution in [0.1, 0.15) is 5.56 Å². The first-order valence-corrected chi connectivity index (χ1v) is 18.2. The topological polar surface area (TPSA) is 101 Å². The molecule has 0 atom stereocenters. The van der Waals surface area contributed by atoms with Crippen LogP contribution in [-0.2, 0) is 0 Å². The average Bonchev–Trinajstić information content (AvgIpc) is 3.30. The maximum atomic E-state index is 10.1. The maximum absolute atomic E-state index is 10.1. The van der Waals surface area contributed by atoms with Crippen molar-refractivity contribution in [2.75, 3.05) is 0 Å². The van der Waals surface area contributed by atoms with Gasteiger partial charge in [-0.25, -0.2) is 29.9 Å². The molecule has 2 aromatic heterocycles. The molecule has 0 unspecified atom stereocenters. The molecule has 0 radical (unpaired) electrons. The van der Waals surface area contributed by atoms with Gasteiger partial charge in [0, 0.05) is 33.4 Å². The molecule has 0 bridgehead atoms. The molecule has 0 spiro atoms. The van der Waals surface area contributed by atoms with Crippen molar-refractivity contribution in [2.24, 2.45) is 0 Å². The maximum Gasteiger partial charge on any atom is 0.164 e. The number of aromatic nitrogens is 6. The Labute approximate surface area is 324 Å². The van der Waals surface area contributed by atoms with E-state index in [0.717, 1.165) is 55.6 Å². The van der Waals surface area contributed by atoms with Crippen LogP contribution in [0.2, 0.25) is 0 Å². The second-order valence-electron chi connectivity index (χ2n) is 13.1. The lowest BCUT2D eigenvalue weighted by Gasteiger charge is -2.11. The second kappa shape index (κ2) is 15.2. The van der Waals surface area contributed by atoms with Gasteiger partial charge in [0.05, 0.1) is 11.6 Å². The Kier molecular flexibility index (Phi) is 9.18. The fourth-order valence-corrected chi connectivity index (χ4v) is 6.55. The smallest absolute Gasteiger partial charge is 0.164 e. The van der Waals surface area contributed by atoms with Gasteiger partial charge in [-0.3, -0.25) is 0 Å². The van der Waals surface area contributed by atoms with Crippen LogP contribution < -0.4 is 0 Å². The van der Waals surface area contributed by atoms with Gasteiger partial charge in [0.25, 0.3) is 0 Å². The normalized spacial score (nSPS) is 10.8. The zero-order valence-corrected chi connectivity index (χ0v) is 30.0. The van der Waals surface area contributed by atoms with Crippen LogP contribution in [0.25, 0.3) is 90.6 Å². The van der Waals surface area contributed by atoms with E-state index < -0.39 is 0 Å². The van der Waals surface area contributed by atoms with Gasteiger partial charge in [-0.05, 0) is 46.5 Å². The molecule has 7 nitrogen and oxygen atoms in total. The summed E-state index contributed by atoms with van der Waals surface area (Å²) in [5, 5.41) is 10.1. The minimum atomic E-state index is 0.558. The van der Waals surface area contributed by atoms with Crippen LogP contribution in [0.5, 0.6) is 0 Å². The van der Waals surface area contributed by atoms with Gasteiger partial charge in [0.15, 0.2) is 34.9 Å². The standard InChI is InChI=1S/C49H31N7/c50-32-33-28-42(34-24-26-39(27-25-34)48-53-44(35-14-5-1-6-15-35)51-45(54-48)36-16-7-2-8-17-36)31-43(29-33)40-22-13-23-41(30-40)49-55-46(37-18-9-3-10-19-37)52-47(56-49)38-20-11-4-12-21-38/h1-31H. The van der Waals surface area contributed by atoms with E-state index in [1.165, 1.54) is 0 Å². The van der Waals surface area contributed by atoms with Crippen molar-refractivity contribution in [3.63, 3.8) is 0 Å². The molecule has 9 aromatic rings. The molecule has 0 saturated carbocycles. The molecule has 0 aliphatic rings. The molecular formula is C49H31N7. The Bertz CT molecular complexity index is 2720. The van der Waals surface area contributed by atoms with Gasteiger partial charge >= 0.3 is 0 Å². The number of rotatable bonds is 8. The Hall–Kier alpha value is -7.95. The van der Waals surface area contributed by atoms with E-state index in [0.29, 0.717) is 40.5 Å². The summed E-state index contributed by atoms with van der Waals surface area (Å²) in [7, 11) is 0. The lowest BCUT2D eigenvalue weighted by atomic mass is 9.95. The van der Waals surface area contributed by atoms with Gasteiger partial charge in [0.1, 0.15) is 0 Å². The molecule has 0 aliphatic carbocycles. The van der Waals surface area contributed by atoms with Crippen LogP contribution in [0, 0.1) is 11.3 Å². The van der Waals surface area contributed by atoms with Gasteiger partial charge in [-0.1, -0.05) is 164 Å². The van der Waals surface area contributed by atoms with Crippen LogP contribution in [0.3, 0.4) is 0 Å². The average molecular weight is 718 g/mol. The third kappa shape index (κ3) is 7.19. The molecule has 56 heavy (non-hydrogen) atoms. The zero-order valence-electron chi connectivity index (χ0n) is 30.0. The molecular weight excluding hydrogens is 687 g/mol. The van der Waals surface area contributed by atoms with Crippen molar-refractivity contribution < 1.29 is 0 Å². The summed E-state index contributed by atoms with van der Waals surface area (Å²) in [6, 6.07) is 64.3. The Balaban J connectivity index is 1.07. The van der Waals surface area contributed by atoms with Crippen LogP contribution in [-0.4, -0.2) is 29.9 Å². The fraction of sp³-hybridized carbons (Fsp3) is 0. The van der Waals surface area contributed by atoms with Crippen LogP contribution in [0.15, 0.2) is 188 Å². The van der Waals surface area contributed by atoms with Crippen LogP contribution >= 0.6 is 0 Å². The van der Waals surface area contributed by atoms with E-state index in [9.17, 15) is 5.26 Å². The zero-order chi connectivity index (χ0) is 37.7. The number of hydrogen-bond acceptors (Lipinski definition) is 7.